The van der Waals surface area contributed by atoms with Crippen LogP contribution in [0.4, 0.5) is 0 Å². The van der Waals surface area contributed by atoms with E-state index in [4.69, 9.17) is 10.4 Å². The van der Waals surface area contributed by atoms with Gasteiger partial charge in [0.25, 0.3) is 0 Å². The van der Waals surface area contributed by atoms with E-state index in [-0.39, 0.29) is 0 Å². The fourth-order valence-corrected chi connectivity index (χ4v) is 1.65. The van der Waals surface area contributed by atoms with Gasteiger partial charge in [0.15, 0.2) is 0 Å². The van der Waals surface area contributed by atoms with E-state index in [2.05, 4.69) is 11.4 Å². The summed E-state index contributed by atoms with van der Waals surface area (Å²) in [6.45, 7) is 2.32. The zero-order chi connectivity index (χ0) is 10.3. The molecule has 0 bridgehead atoms. The maximum atomic E-state index is 8.61. The fourth-order valence-electron chi connectivity index (χ4n) is 1.65. The van der Waals surface area contributed by atoms with E-state index < -0.39 is 0 Å². The highest BCUT2D eigenvalue weighted by Crippen LogP contribution is 2.47. The average molecular weight is 196 g/mol. The first-order chi connectivity index (χ1) is 6.83. The van der Waals surface area contributed by atoms with E-state index in [0.717, 1.165) is 32.4 Å². The average Bonchev–Trinajstić information content (AvgIpc) is 2.93. The Morgan fingerprint density at radius 1 is 1.29 bits per heavy atom. The minimum absolute atomic E-state index is 0.304. The second-order valence-electron chi connectivity index (χ2n) is 4.30. The molecule has 0 radical (unpaired) electrons. The smallest absolute Gasteiger partial charge is 0.0628 e. The van der Waals surface area contributed by atoms with Crippen LogP contribution in [-0.2, 0) is 0 Å². The first-order valence-corrected chi connectivity index (χ1v) is 5.51. The Hall–Kier alpha value is -0.590. The van der Waals surface area contributed by atoms with Gasteiger partial charge in [0.05, 0.1) is 6.07 Å². The molecule has 1 fully saturated rings. The Bertz CT molecular complexity index is 194. The molecule has 1 rings (SSSR count). The van der Waals surface area contributed by atoms with Crippen molar-refractivity contribution in [2.75, 3.05) is 19.7 Å². The van der Waals surface area contributed by atoms with Crippen molar-refractivity contribution in [3.05, 3.63) is 0 Å². The highest BCUT2D eigenvalue weighted by Gasteiger charge is 2.41. The van der Waals surface area contributed by atoms with Gasteiger partial charge in [0, 0.05) is 19.6 Å². The van der Waals surface area contributed by atoms with Crippen molar-refractivity contribution in [2.24, 2.45) is 5.41 Å². The molecule has 0 aromatic carbocycles. The van der Waals surface area contributed by atoms with Gasteiger partial charge in [0.2, 0.25) is 0 Å². The Kier molecular flexibility index (Phi) is 4.92. The topological polar surface area (TPSA) is 56.0 Å². The molecular formula is C11H20N2O. The molecule has 0 aromatic heterocycles. The predicted octanol–water partition coefficient (Wildman–Crippen LogP) is 1.43. The number of nitrogens with one attached hydrogen (secondary N) is 1. The molecule has 80 valence electrons. The summed E-state index contributed by atoms with van der Waals surface area (Å²) in [4.78, 5) is 0. The van der Waals surface area contributed by atoms with E-state index in [9.17, 15) is 0 Å². The van der Waals surface area contributed by atoms with Crippen LogP contribution in [0.3, 0.4) is 0 Å². The molecule has 1 saturated carbocycles. The van der Waals surface area contributed by atoms with Gasteiger partial charge < -0.3 is 10.4 Å². The first kappa shape index (κ1) is 11.5. The van der Waals surface area contributed by atoms with Gasteiger partial charge in [-0.15, -0.1) is 0 Å². The molecular weight excluding hydrogens is 176 g/mol. The van der Waals surface area contributed by atoms with Crippen LogP contribution in [0.1, 0.15) is 38.5 Å². The van der Waals surface area contributed by atoms with Crippen LogP contribution in [-0.4, -0.2) is 24.8 Å². The highest BCUT2D eigenvalue weighted by atomic mass is 16.2. The largest absolute Gasteiger partial charge is 0.396 e. The molecule has 3 nitrogen and oxygen atoms in total. The third kappa shape index (κ3) is 4.08. The number of unbranched alkanes of at least 4 members (excludes halogenated alkanes) is 2. The third-order valence-electron chi connectivity index (χ3n) is 2.92. The van der Waals surface area contributed by atoms with Crippen LogP contribution in [0, 0.1) is 16.7 Å². The predicted molar refractivity (Wildman–Crippen MR) is 55.7 cm³/mol. The lowest BCUT2D eigenvalue weighted by Crippen LogP contribution is -2.24. The monoisotopic (exact) mass is 196 g/mol. The van der Waals surface area contributed by atoms with Crippen molar-refractivity contribution >= 4 is 0 Å². The van der Waals surface area contributed by atoms with Gasteiger partial charge in [-0.05, 0) is 44.1 Å². The number of hydrogen-bond acceptors (Lipinski definition) is 3. The third-order valence-corrected chi connectivity index (χ3v) is 2.92. The molecule has 14 heavy (non-hydrogen) atoms. The Balaban J connectivity index is 1.91. The van der Waals surface area contributed by atoms with Gasteiger partial charge in [-0.1, -0.05) is 0 Å². The van der Waals surface area contributed by atoms with Gasteiger partial charge in [0.1, 0.15) is 0 Å². The Morgan fingerprint density at radius 2 is 2.07 bits per heavy atom. The summed E-state index contributed by atoms with van der Waals surface area (Å²) in [7, 11) is 0. The molecule has 3 heteroatoms. The molecule has 0 aromatic rings. The summed E-state index contributed by atoms with van der Waals surface area (Å²) < 4.78 is 0. The quantitative estimate of drug-likeness (QED) is 0.577. The lowest BCUT2D eigenvalue weighted by Gasteiger charge is -2.11. The number of aliphatic hydroxyl groups is 1. The standard InChI is InChI=1S/C11H20N2O/c12-7-6-11(4-5-11)10-13-8-2-1-3-9-14/h13-14H,1-6,8-10H2. The summed E-state index contributed by atoms with van der Waals surface area (Å²) in [6.07, 6.45) is 6.26. The zero-order valence-electron chi connectivity index (χ0n) is 8.76. The van der Waals surface area contributed by atoms with Crippen molar-refractivity contribution in [2.45, 2.75) is 38.5 Å². The van der Waals surface area contributed by atoms with Gasteiger partial charge in [-0.3, -0.25) is 0 Å². The van der Waals surface area contributed by atoms with Gasteiger partial charge in [-0.2, -0.15) is 5.26 Å². The second-order valence-corrected chi connectivity index (χ2v) is 4.30. The number of nitriles is 1. The molecule has 0 aliphatic heterocycles. The van der Waals surface area contributed by atoms with Crippen molar-refractivity contribution in [3.8, 4) is 6.07 Å². The summed E-state index contributed by atoms with van der Waals surface area (Å²) in [5, 5.41) is 20.6. The maximum Gasteiger partial charge on any atom is 0.0628 e. The van der Waals surface area contributed by atoms with Crippen LogP contribution >= 0.6 is 0 Å². The van der Waals surface area contributed by atoms with E-state index in [1.165, 1.54) is 12.8 Å². The summed E-state index contributed by atoms with van der Waals surface area (Å²) in [6, 6.07) is 2.26. The Morgan fingerprint density at radius 3 is 2.64 bits per heavy atom. The molecule has 0 amide bonds. The van der Waals surface area contributed by atoms with Crippen molar-refractivity contribution in [1.29, 1.82) is 5.26 Å². The Labute approximate surface area is 86.1 Å². The van der Waals surface area contributed by atoms with Crippen molar-refractivity contribution < 1.29 is 5.11 Å². The molecule has 0 heterocycles. The van der Waals surface area contributed by atoms with Crippen LogP contribution in [0.15, 0.2) is 0 Å². The second kappa shape index (κ2) is 6.00. The molecule has 0 spiro atoms. The zero-order valence-corrected chi connectivity index (χ0v) is 8.76. The summed E-state index contributed by atoms with van der Waals surface area (Å²) >= 11 is 0. The van der Waals surface area contributed by atoms with Crippen molar-refractivity contribution in [3.63, 3.8) is 0 Å². The van der Waals surface area contributed by atoms with Crippen LogP contribution in [0.5, 0.6) is 0 Å². The molecule has 2 N–H and O–H groups in total. The number of aliphatic hydroxyl groups excluding tert-OH is 1. The van der Waals surface area contributed by atoms with Crippen LogP contribution in [0.25, 0.3) is 0 Å². The van der Waals surface area contributed by atoms with E-state index in [1.807, 2.05) is 0 Å². The fraction of sp³-hybridized carbons (Fsp3) is 0.909. The van der Waals surface area contributed by atoms with E-state index >= 15 is 0 Å². The van der Waals surface area contributed by atoms with Crippen molar-refractivity contribution in [1.82, 2.24) is 5.32 Å². The summed E-state index contributed by atoms with van der Waals surface area (Å²) in [5.74, 6) is 0. The molecule has 1 aliphatic carbocycles. The first-order valence-electron chi connectivity index (χ1n) is 5.51. The maximum absolute atomic E-state index is 8.61. The lowest BCUT2D eigenvalue weighted by molar-refractivity contribution is 0.282. The van der Waals surface area contributed by atoms with E-state index in [0.29, 0.717) is 18.4 Å². The van der Waals surface area contributed by atoms with Gasteiger partial charge >= 0.3 is 0 Å². The number of hydrogen-bond donors (Lipinski definition) is 2. The highest BCUT2D eigenvalue weighted by molar-refractivity contribution is 5.00. The minimum atomic E-state index is 0.304. The molecule has 0 atom stereocenters. The SMILES string of the molecule is N#CCC1(CNCCCCCO)CC1. The normalized spacial score (nSPS) is 17.7. The number of rotatable bonds is 8. The summed E-state index contributed by atoms with van der Waals surface area (Å²) in [5.41, 5.74) is 0.325. The van der Waals surface area contributed by atoms with Gasteiger partial charge in [-0.25, -0.2) is 0 Å². The molecule has 1 aliphatic rings. The van der Waals surface area contributed by atoms with E-state index in [1.54, 1.807) is 0 Å². The molecule has 0 saturated heterocycles. The minimum Gasteiger partial charge on any atom is -0.396 e. The lowest BCUT2D eigenvalue weighted by atomic mass is 10.0. The van der Waals surface area contributed by atoms with Crippen LogP contribution < -0.4 is 5.32 Å². The molecule has 0 unspecified atom stereocenters. The number of nitrogens with zero attached hydrogens (tertiary/aromatic N) is 1. The van der Waals surface area contributed by atoms with Crippen LogP contribution in [0.2, 0.25) is 0 Å².